The van der Waals surface area contributed by atoms with Crippen LogP contribution >= 0.6 is 11.8 Å². The van der Waals surface area contributed by atoms with E-state index >= 15 is 0 Å². The summed E-state index contributed by atoms with van der Waals surface area (Å²) in [5, 5.41) is 5.81. The molecule has 0 saturated carbocycles. The maximum absolute atomic E-state index is 12.8. The minimum Gasteiger partial charge on any atom is -0.461 e. The van der Waals surface area contributed by atoms with Gasteiger partial charge in [-0.2, -0.15) is 0 Å². The molecule has 2 aromatic carbocycles. The Kier molecular flexibility index (Phi) is 5.22. The van der Waals surface area contributed by atoms with Crippen LogP contribution in [0.25, 0.3) is 11.0 Å². The van der Waals surface area contributed by atoms with Crippen molar-refractivity contribution in [3.63, 3.8) is 0 Å². The van der Waals surface area contributed by atoms with Crippen molar-refractivity contribution in [3.8, 4) is 0 Å². The van der Waals surface area contributed by atoms with Crippen LogP contribution in [0, 0.1) is 6.92 Å². The summed E-state index contributed by atoms with van der Waals surface area (Å²) in [6.07, 6.45) is 0. The molecule has 0 saturated heterocycles. The Morgan fingerprint density at radius 3 is 2.69 bits per heavy atom. The summed E-state index contributed by atoms with van der Waals surface area (Å²) in [4.78, 5) is 29.9. The molecule has 0 fully saturated rings. The summed E-state index contributed by atoms with van der Waals surface area (Å²) in [7, 11) is 0. The molecule has 1 aliphatic rings. The van der Waals surface area contributed by atoms with Crippen LogP contribution in [0.2, 0.25) is 0 Å². The lowest BCUT2D eigenvalue weighted by molar-refractivity contribution is -0.138. The third-order valence-electron chi connectivity index (χ3n) is 4.34. The van der Waals surface area contributed by atoms with Gasteiger partial charge in [-0.05, 0) is 38.1 Å². The molecule has 0 atom stereocenters. The molecular formula is C22H18N2O4S. The Hall–Kier alpha value is -3.32. The number of thioether (sulfide) groups is 1. The van der Waals surface area contributed by atoms with Crippen LogP contribution in [0.5, 0.6) is 0 Å². The first kappa shape index (κ1) is 19.0. The number of hydrogen-bond acceptors (Lipinski definition) is 7. The molecule has 146 valence electrons. The molecular weight excluding hydrogens is 388 g/mol. The number of benzene rings is 2. The van der Waals surface area contributed by atoms with E-state index in [-0.39, 0.29) is 17.9 Å². The molecule has 3 aromatic rings. The number of nitrogens with zero attached hydrogens (tertiary/aromatic N) is 1. The van der Waals surface area contributed by atoms with Gasteiger partial charge in [0.1, 0.15) is 21.9 Å². The highest BCUT2D eigenvalue weighted by Gasteiger charge is 2.26. The van der Waals surface area contributed by atoms with Gasteiger partial charge in [0.05, 0.1) is 18.0 Å². The van der Waals surface area contributed by atoms with E-state index in [1.807, 2.05) is 43.3 Å². The molecule has 0 radical (unpaired) electrons. The molecule has 6 nitrogen and oxygen atoms in total. The van der Waals surface area contributed by atoms with Crippen molar-refractivity contribution in [1.82, 2.24) is 0 Å². The first-order valence-electron chi connectivity index (χ1n) is 9.09. The molecule has 1 aliphatic heterocycles. The number of fused-ring (bicyclic) bond motifs is 3. The number of esters is 1. The number of rotatable bonds is 3. The highest BCUT2D eigenvalue weighted by Crippen LogP contribution is 2.34. The first-order valence-corrected chi connectivity index (χ1v) is 9.97. The minimum atomic E-state index is -0.525. The lowest BCUT2D eigenvalue weighted by Gasteiger charge is -2.12. The number of aryl methyl sites for hydroxylation is 1. The van der Waals surface area contributed by atoms with E-state index in [2.05, 4.69) is 10.3 Å². The van der Waals surface area contributed by atoms with Gasteiger partial charge >= 0.3 is 11.6 Å². The van der Waals surface area contributed by atoms with E-state index in [0.717, 1.165) is 5.56 Å². The van der Waals surface area contributed by atoms with Gasteiger partial charge in [0.2, 0.25) is 0 Å². The second kappa shape index (κ2) is 7.97. The smallest absolute Gasteiger partial charge is 0.355 e. The Morgan fingerprint density at radius 1 is 1.17 bits per heavy atom. The van der Waals surface area contributed by atoms with E-state index in [1.54, 1.807) is 24.5 Å². The first-order chi connectivity index (χ1) is 14.1. The molecule has 7 heteroatoms. The Morgan fingerprint density at radius 2 is 1.93 bits per heavy atom. The van der Waals surface area contributed by atoms with Gasteiger partial charge in [-0.15, -0.1) is 0 Å². The summed E-state index contributed by atoms with van der Waals surface area (Å²) in [6, 6.07) is 14.8. The lowest BCUT2D eigenvalue weighted by atomic mass is 10.1. The van der Waals surface area contributed by atoms with Crippen molar-refractivity contribution in [2.24, 2.45) is 4.99 Å². The second-order valence-electron chi connectivity index (χ2n) is 6.38. The fourth-order valence-electron chi connectivity index (χ4n) is 2.94. The van der Waals surface area contributed by atoms with Crippen LogP contribution < -0.4 is 10.9 Å². The molecule has 29 heavy (non-hydrogen) atoms. The van der Waals surface area contributed by atoms with E-state index < -0.39 is 11.6 Å². The number of aliphatic imine (C=N–C) groups is 1. The molecule has 0 amide bonds. The van der Waals surface area contributed by atoms with E-state index in [1.165, 1.54) is 11.8 Å². The van der Waals surface area contributed by atoms with Gasteiger partial charge in [0.25, 0.3) is 0 Å². The number of nitrogens with one attached hydrogen (secondary N) is 1. The summed E-state index contributed by atoms with van der Waals surface area (Å²) >= 11 is 1.18. The van der Waals surface area contributed by atoms with Crippen molar-refractivity contribution in [2.45, 2.75) is 13.8 Å². The zero-order valence-electron chi connectivity index (χ0n) is 15.9. The molecule has 0 aliphatic carbocycles. The summed E-state index contributed by atoms with van der Waals surface area (Å²) in [5.74, 6) is -0.500. The number of ether oxygens (including phenoxy) is 1. The second-order valence-corrected chi connectivity index (χ2v) is 7.24. The normalized spacial score (nSPS) is 14.7. The maximum atomic E-state index is 12.8. The van der Waals surface area contributed by atoms with Crippen molar-refractivity contribution in [3.05, 3.63) is 81.2 Å². The van der Waals surface area contributed by atoms with E-state index in [4.69, 9.17) is 9.15 Å². The van der Waals surface area contributed by atoms with Crippen LogP contribution in [0.3, 0.4) is 0 Å². The Balaban J connectivity index is 1.94. The molecule has 2 heterocycles. The predicted molar refractivity (Wildman–Crippen MR) is 116 cm³/mol. The minimum absolute atomic E-state index is 0.239. The molecule has 1 aromatic heterocycles. The fourth-order valence-corrected chi connectivity index (χ4v) is 3.78. The third kappa shape index (κ3) is 3.82. The quantitative estimate of drug-likeness (QED) is 0.500. The molecule has 0 unspecified atom stereocenters. The van der Waals surface area contributed by atoms with Gasteiger partial charge in [-0.25, -0.2) is 14.6 Å². The van der Waals surface area contributed by atoms with E-state index in [9.17, 15) is 9.59 Å². The number of para-hydroxylation sites is 1. The van der Waals surface area contributed by atoms with Crippen molar-refractivity contribution >= 4 is 45.1 Å². The predicted octanol–water partition coefficient (Wildman–Crippen LogP) is 4.74. The zero-order valence-corrected chi connectivity index (χ0v) is 16.7. The number of anilines is 1. The fraction of sp³-hybridized carbons (Fsp3) is 0.136. The average molecular weight is 406 g/mol. The van der Waals surface area contributed by atoms with Crippen LogP contribution in [0.1, 0.15) is 18.1 Å². The Labute approximate surface area is 171 Å². The van der Waals surface area contributed by atoms with E-state index in [0.29, 0.717) is 27.4 Å². The largest absolute Gasteiger partial charge is 0.461 e. The topological polar surface area (TPSA) is 80.9 Å². The van der Waals surface area contributed by atoms with Gasteiger partial charge in [-0.1, -0.05) is 41.6 Å². The van der Waals surface area contributed by atoms with Crippen molar-refractivity contribution < 1.29 is 13.9 Å². The molecule has 1 N–H and O–H groups in total. The summed E-state index contributed by atoms with van der Waals surface area (Å²) < 4.78 is 10.7. The van der Waals surface area contributed by atoms with Crippen LogP contribution in [0.15, 0.2) is 73.8 Å². The molecule has 0 spiro atoms. The van der Waals surface area contributed by atoms with Gasteiger partial charge in [-0.3, -0.25) is 0 Å². The van der Waals surface area contributed by atoms with Gasteiger partial charge in [0, 0.05) is 10.8 Å². The van der Waals surface area contributed by atoms with Crippen molar-refractivity contribution in [1.29, 1.82) is 0 Å². The molecule has 0 bridgehead atoms. The van der Waals surface area contributed by atoms with Crippen LogP contribution in [-0.4, -0.2) is 17.6 Å². The highest BCUT2D eigenvalue weighted by atomic mass is 32.2. The maximum Gasteiger partial charge on any atom is 0.355 e. The summed E-state index contributed by atoms with van der Waals surface area (Å²) in [5.41, 5.74) is 2.71. The number of hydrogen-bond donors (Lipinski definition) is 1. The monoisotopic (exact) mass is 406 g/mol. The van der Waals surface area contributed by atoms with Crippen LogP contribution in [0.4, 0.5) is 11.4 Å². The van der Waals surface area contributed by atoms with Gasteiger partial charge < -0.3 is 14.5 Å². The summed E-state index contributed by atoms with van der Waals surface area (Å²) in [6.45, 7) is 3.98. The zero-order chi connectivity index (χ0) is 20.4. The number of carbonyl (C=O) groups excluding carboxylic acids is 1. The van der Waals surface area contributed by atoms with Gasteiger partial charge in [0.15, 0.2) is 0 Å². The van der Waals surface area contributed by atoms with Crippen molar-refractivity contribution in [2.75, 3.05) is 11.9 Å². The van der Waals surface area contributed by atoms with Crippen LogP contribution in [-0.2, 0) is 9.53 Å². The standard InChI is InChI=1S/C22H18N2O4S/c1-3-27-21(25)16-12-29-20(23-14-10-8-13(2)9-11-14)18-19(24-16)15-6-4-5-7-17(15)28-22(18)26/h4-12,24H,3H2,1-2H3. The lowest BCUT2D eigenvalue weighted by Crippen LogP contribution is -2.18. The number of carbonyl (C=O) groups is 1. The molecule has 4 rings (SSSR count). The average Bonchev–Trinajstić information content (AvgIpc) is 2.91. The Bertz CT molecular complexity index is 1210. The third-order valence-corrected chi connectivity index (χ3v) is 5.21. The highest BCUT2D eigenvalue weighted by molar-refractivity contribution is 8.17. The SMILES string of the molecule is CCOC(=O)C1=CSC(=Nc2ccc(C)cc2)c2c(c3ccccc3oc2=O)N1.